The molecule has 0 bridgehead atoms. The first-order valence-electron chi connectivity index (χ1n) is 10.7. The molecule has 1 atom stereocenters. The van der Waals surface area contributed by atoms with Gasteiger partial charge in [-0.1, -0.05) is 24.0 Å². The van der Waals surface area contributed by atoms with E-state index in [-0.39, 0.29) is 33.7 Å². The molecule has 2 aromatic heterocycles. The minimum atomic E-state index is -1.08. The van der Waals surface area contributed by atoms with Gasteiger partial charge in [0.2, 0.25) is 0 Å². The molecule has 1 aliphatic rings. The maximum atomic E-state index is 13.2. The molecule has 10 heteroatoms. The fourth-order valence-electron chi connectivity index (χ4n) is 3.64. The molecule has 0 unspecified atom stereocenters. The fraction of sp³-hybridized carbons (Fsp3) is 0.200. The molecule has 0 saturated carbocycles. The van der Waals surface area contributed by atoms with E-state index in [1.165, 1.54) is 6.26 Å². The average molecular weight is 495 g/mol. The van der Waals surface area contributed by atoms with Gasteiger partial charge in [0.1, 0.15) is 34.8 Å². The highest BCUT2D eigenvalue weighted by Crippen LogP contribution is 2.44. The van der Waals surface area contributed by atoms with Crippen LogP contribution in [0.2, 0.25) is 0 Å². The molecule has 1 fully saturated rings. The van der Waals surface area contributed by atoms with Crippen LogP contribution in [0.3, 0.4) is 0 Å². The first-order chi connectivity index (χ1) is 16.9. The van der Waals surface area contributed by atoms with Crippen LogP contribution in [0, 0.1) is 6.92 Å². The Balaban J connectivity index is 1.80. The molecule has 1 aliphatic heterocycles. The summed E-state index contributed by atoms with van der Waals surface area (Å²) in [6, 6.07) is 8.54. The number of ketones is 1. The predicted octanol–water partition coefficient (Wildman–Crippen LogP) is 4.41. The molecule has 3 aromatic rings. The van der Waals surface area contributed by atoms with E-state index in [0.29, 0.717) is 23.6 Å². The number of amides is 1. The first-order valence-corrected chi connectivity index (χ1v) is 11.5. The van der Waals surface area contributed by atoms with E-state index in [1.807, 2.05) is 0 Å². The van der Waals surface area contributed by atoms with E-state index in [0.717, 1.165) is 16.2 Å². The Hall–Kier alpha value is -4.18. The lowest BCUT2D eigenvalue weighted by Crippen LogP contribution is -2.29. The second kappa shape index (κ2) is 9.98. The van der Waals surface area contributed by atoms with E-state index in [1.54, 1.807) is 56.3 Å². The number of furan rings is 1. The number of hydrogen-bond acceptors (Lipinski definition) is 9. The highest BCUT2D eigenvalue weighted by Gasteiger charge is 2.49. The number of anilines is 1. The molecular weight excluding hydrogens is 472 g/mol. The van der Waals surface area contributed by atoms with Crippen molar-refractivity contribution < 1.29 is 33.4 Å². The van der Waals surface area contributed by atoms with E-state index >= 15 is 0 Å². The van der Waals surface area contributed by atoms with Gasteiger partial charge in [0.05, 0.1) is 24.1 Å². The number of thiazole rings is 1. The molecule has 1 saturated heterocycles. The summed E-state index contributed by atoms with van der Waals surface area (Å²) in [4.78, 5) is 44.3. The van der Waals surface area contributed by atoms with Crippen LogP contribution >= 0.6 is 11.3 Å². The molecule has 180 valence electrons. The van der Waals surface area contributed by atoms with Crippen LogP contribution in [0.15, 0.2) is 65.3 Å². The molecule has 1 amide bonds. The second-order valence-electron chi connectivity index (χ2n) is 7.44. The summed E-state index contributed by atoms with van der Waals surface area (Å²) >= 11 is 0.927. The lowest BCUT2D eigenvalue weighted by Gasteiger charge is -2.20. The number of benzene rings is 1. The van der Waals surface area contributed by atoms with Gasteiger partial charge in [0.15, 0.2) is 5.13 Å². The zero-order valence-corrected chi connectivity index (χ0v) is 19.8. The zero-order chi connectivity index (χ0) is 25.1. The number of Topliss-reactive ketones (excluding diaryl/α,β-unsaturated/α-hetero) is 1. The predicted molar refractivity (Wildman–Crippen MR) is 128 cm³/mol. The van der Waals surface area contributed by atoms with Crippen molar-refractivity contribution in [2.45, 2.75) is 19.9 Å². The van der Waals surface area contributed by atoms with Gasteiger partial charge in [-0.25, -0.2) is 9.78 Å². The lowest BCUT2D eigenvalue weighted by atomic mass is 9.99. The Morgan fingerprint density at radius 2 is 2.03 bits per heavy atom. The number of carbonyl (C=O) groups excluding carboxylic acids is 3. The summed E-state index contributed by atoms with van der Waals surface area (Å²) < 4.78 is 16.0. The van der Waals surface area contributed by atoms with Crippen molar-refractivity contribution in [2.24, 2.45) is 0 Å². The summed E-state index contributed by atoms with van der Waals surface area (Å²) in [5.41, 5.74) is 0.516. The van der Waals surface area contributed by atoms with Crippen molar-refractivity contribution in [1.82, 2.24) is 4.98 Å². The van der Waals surface area contributed by atoms with Crippen molar-refractivity contribution in [3.8, 4) is 5.75 Å². The van der Waals surface area contributed by atoms with Gasteiger partial charge in [-0.05, 0) is 50.2 Å². The number of aliphatic hydroxyl groups excluding tert-OH is 1. The number of carbonyl (C=O) groups is 3. The number of rotatable bonds is 8. The van der Waals surface area contributed by atoms with Crippen molar-refractivity contribution in [2.75, 3.05) is 18.1 Å². The van der Waals surface area contributed by atoms with Crippen LogP contribution in [-0.2, 0) is 14.3 Å². The maximum absolute atomic E-state index is 13.2. The molecule has 35 heavy (non-hydrogen) atoms. The van der Waals surface area contributed by atoms with E-state index in [4.69, 9.17) is 13.9 Å². The Morgan fingerprint density at radius 1 is 1.29 bits per heavy atom. The quantitative estimate of drug-likeness (QED) is 0.161. The SMILES string of the molecule is C=CCOc1ccc(C(O)=C2C(=O)C(=O)N(c3nc(C)c(C(=O)OCC)s3)[C@@H]2c2ccco2)cc1. The summed E-state index contributed by atoms with van der Waals surface area (Å²) in [5.74, 6) is -1.94. The van der Waals surface area contributed by atoms with Gasteiger partial charge < -0.3 is 19.0 Å². The Bertz CT molecular complexity index is 1310. The monoisotopic (exact) mass is 494 g/mol. The normalized spacial score (nSPS) is 17.0. The van der Waals surface area contributed by atoms with Crippen molar-refractivity contribution in [1.29, 1.82) is 0 Å². The number of hydrogen-bond donors (Lipinski definition) is 1. The molecule has 1 N–H and O–H groups in total. The highest BCUT2D eigenvalue weighted by atomic mass is 32.1. The summed E-state index contributed by atoms with van der Waals surface area (Å²) in [5, 5.41) is 11.2. The number of nitrogens with zero attached hydrogens (tertiary/aromatic N) is 2. The Labute approximate surface area is 204 Å². The third-order valence-electron chi connectivity index (χ3n) is 5.20. The Morgan fingerprint density at radius 3 is 2.66 bits per heavy atom. The van der Waals surface area contributed by atoms with Gasteiger partial charge in [0, 0.05) is 5.56 Å². The van der Waals surface area contributed by atoms with Crippen LogP contribution in [0.4, 0.5) is 5.13 Å². The molecule has 0 spiro atoms. The molecule has 9 nitrogen and oxygen atoms in total. The Kier molecular flexibility index (Phi) is 6.83. The van der Waals surface area contributed by atoms with Crippen LogP contribution in [0.1, 0.15) is 39.7 Å². The largest absolute Gasteiger partial charge is 0.507 e. The van der Waals surface area contributed by atoms with Crippen molar-refractivity contribution in [3.05, 3.63) is 82.8 Å². The molecule has 1 aromatic carbocycles. The van der Waals surface area contributed by atoms with Gasteiger partial charge in [-0.3, -0.25) is 14.5 Å². The number of esters is 1. The third kappa shape index (κ3) is 4.47. The van der Waals surface area contributed by atoms with Crippen molar-refractivity contribution in [3.63, 3.8) is 0 Å². The topological polar surface area (TPSA) is 119 Å². The summed E-state index contributed by atoms with van der Waals surface area (Å²) in [6.07, 6.45) is 3.00. The highest BCUT2D eigenvalue weighted by molar-refractivity contribution is 7.17. The number of aliphatic hydroxyl groups is 1. The fourth-order valence-corrected chi connectivity index (χ4v) is 4.62. The van der Waals surface area contributed by atoms with Crippen LogP contribution in [0.5, 0.6) is 5.75 Å². The van der Waals surface area contributed by atoms with Gasteiger partial charge >= 0.3 is 11.9 Å². The lowest BCUT2D eigenvalue weighted by molar-refractivity contribution is -0.132. The van der Waals surface area contributed by atoms with Gasteiger partial charge in [-0.15, -0.1) is 0 Å². The van der Waals surface area contributed by atoms with E-state index in [2.05, 4.69) is 11.6 Å². The third-order valence-corrected chi connectivity index (χ3v) is 6.34. The molecule has 3 heterocycles. The van der Waals surface area contributed by atoms with Crippen molar-refractivity contribution >= 4 is 39.9 Å². The molecular formula is C25H22N2O7S. The maximum Gasteiger partial charge on any atom is 0.350 e. The standard InChI is InChI=1S/C25H22N2O7S/c1-4-12-33-16-10-8-15(9-11-16)20(28)18-19(17-7-6-13-34-17)27(23(30)21(18)29)25-26-14(3)22(35-25)24(31)32-5-2/h4,6-11,13,19,28H,1,5,12H2,2-3H3/t19-/m1/s1. The second-order valence-corrected chi connectivity index (χ2v) is 8.42. The zero-order valence-electron chi connectivity index (χ0n) is 19.0. The van der Waals surface area contributed by atoms with E-state index in [9.17, 15) is 19.5 Å². The van der Waals surface area contributed by atoms with Crippen LogP contribution in [0.25, 0.3) is 5.76 Å². The number of ether oxygens (including phenoxy) is 2. The first kappa shape index (κ1) is 24.0. The molecule has 0 aliphatic carbocycles. The molecule has 0 radical (unpaired) electrons. The smallest absolute Gasteiger partial charge is 0.350 e. The molecule has 4 rings (SSSR count). The average Bonchev–Trinajstić information content (AvgIpc) is 3.57. The minimum absolute atomic E-state index is 0.112. The summed E-state index contributed by atoms with van der Waals surface area (Å²) in [7, 11) is 0. The van der Waals surface area contributed by atoms with Gasteiger partial charge in [0.25, 0.3) is 5.78 Å². The summed E-state index contributed by atoms with van der Waals surface area (Å²) in [6.45, 7) is 7.39. The number of aromatic nitrogens is 1. The van der Waals surface area contributed by atoms with Gasteiger partial charge in [-0.2, -0.15) is 0 Å². The minimum Gasteiger partial charge on any atom is -0.507 e. The van der Waals surface area contributed by atoms with Crippen LogP contribution < -0.4 is 9.64 Å². The number of aryl methyl sites for hydroxylation is 1. The van der Waals surface area contributed by atoms with E-state index < -0.39 is 23.7 Å². The van der Waals surface area contributed by atoms with Crippen LogP contribution in [-0.4, -0.2) is 41.0 Å².